The van der Waals surface area contributed by atoms with Gasteiger partial charge in [-0.05, 0) is 24.3 Å². The molecule has 0 atom stereocenters. The molecule has 0 saturated heterocycles. The summed E-state index contributed by atoms with van der Waals surface area (Å²) in [5.74, 6) is 1.33. The zero-order valence-electron chi connectivity index (χ0n) is 23.0. The molecule has 0 aliphatic heterocycles. The van der Waals surface area contributed by atoms with E-state index in [2.05, 4.69) is 0 Å². The second-order valence-corrected chi connectivity index (χ2v) is 8.38. The molecule has 0 bridgehead atoms. The molecule has 2 aromatic rings. The summed E-state index contributed by atoms with van der Waals surface area (Å²) in [4.78, 5) is 29.8. The van der Waals surface area contributed by atoms with Gasteiger partial charge in [0.2, 0.25) is 0 Å². The number of nitrogens with zero attached hydrogens (tertiary/aromatic N) is 2. The molecule has 10 nitrogen and oxygen atoms in total. The molecule has 0 saturated carbocycles. The highest BCUT2D eigenvalue weighted by molar-refractivity contribution is 5.97. The number of esters is 2. The van der Waals surface area contributed by atoms with Crippen molar-refractivity contribution in [3.05, 3.63) is 58.9 Å². The Morgan fingerprint density at radius 3 is 1.26 bits per heavy atom. The molecule has 0 fully saturated rings. The number of ether oxygens (including phenoxy) is 6. The number of hydrogen-bond acceptors (Lipinski definition) is 10. The van der Waals surface area contributed by atoms with E-state index in [0.29, 0.717) is 56.9 Å². The molecule has 0 radical (unpaired) electrons. The van der Waals surface area contributed by atoms with Gasteiger partial charge in [-0.25, -0.2) is 9.59 Å². The second kappa shape index (κ2) is 12.3. The van der Waals surface area contributed by atoms with Crippen LogP contribution in [0.25, 0.3) is 0 Å². The quantitative estimate of drug-likeness (QED) is 0.424. The van der Waals surface area contributed by atoms with Crippen LogP contribution in [0.15, 0.2) is 58.9 Å². The van der Waals surface area contributed by atoms with Crippen molar-refractivity contribution in [1.29, 1.82) is 0 Å². The Bertz CT molecular complexity index is 1170. The summed E-state index contributed by atoms with van der Waals surface area (Å²) in [5.41, 5.74) is 3.21. The Balaban J connectivity index is 2.19. The van der Waals surface area contributed by atoms with Crippen LogP contribution in [0.1, 0.15) is 12.8 Å². The Morgan fingerprint density at radius 1 is 0.605 bits per heavy atom. The molecule has 0 amide bonds. The minimum absolute atomic E-state index is 0.0972. The third-order valence-corrected chi connectivity index (χ3v) is 6.55. The smallest absolute Gasteiger partial charge is 0.335 e. The summed E-state index contributed by atoms with van der Waals surface area (Å²) >= 11 is 0. The fourth-order valence-electron chi connectivity index (χ4n) is 4.43. The van der Waals surface area contributed by atoms with Crippen molar-refractivity contribution < 1.29 is 38.0 Å². The number of benzene rings is 2. The first kappa shape index (κ1) is 28.2. The number of carbonyl (C=O) groups is 2. The van der Waals surface area contributed by atoms with Gasteiger partial charge in [-0.2, -0.15) is 0 Å². The van der Waals surface area contributed by atoms with Gasteiger partial charge in [-0.15, -0.1) is 0 Å². The van der Waals surface area contributed by atoms with Crippen LogP contribution in [0.3, 0.4) is 0 Å². The first-order chi connectivity index (χ1) is 18.2. The number of anilines is 2. The van der Waals surface area contributed by atoms with Crippen LogP contribution in [-0.2, 0) is 19.1 Å². The van der Waals surface area contributed by atoms with Crippen molar-refractivity contribution in [2.45, 2.75) is 12.8 Å². The molecule has 38 heavy (non-hydrogen) atoms. The fourth-order valence-corrected chi connectivity index (χ4v) is 4.43. The average Bonchev–Trinajstić information content (AvgIpc) is 2.97. The largest absolute Gasteiger partial charge is 0.497 e. The van der Waals surface area contributed by atoms with Gasteiger partial charge in [0.15, 0.2) is 0 Å². The number of allylic oxidation sites excluding steroid dienone is 2. The number of hydrogen-bond donors (Lipinski definition) is 0. The van der Waals surface area contributed by atoms with Crippen molar-refractivity contribution >= 4 is 23.3 Å². The molecule has 0 spiro atoms. The summed E-state index contributed by atoms with van der Waals surface area (Å²) in [6.45, 7) is 0. The summed E-state index contributed by atoms with van der Waals surface area (Å²) < 4.78 is 32.3. The van der Waals surface area contributed by atoms with Crippen LogP contribution in [0.2, 0.25) is 0 Å². The molecule has 204 valence electrons. The van der Waals surface area contributed by atoms with Crippen molar-refractivity contribution in [3.63, 3.8) is 0 Å². The van der Waals surface area contributed by atoms with Gasteiger partial charge in [0.25, 0.3) is 0 Å². The van der Waals surface area contributed by atoms with Crippen molar-refractivity contribution in [1.82, 2.24) is 0 Å². The molecule has 1 aliphatic rings. The van der Waals surface area contributed by atoms with Gasteiger partial charge >= 0.3 is 11.9 Å². The number of methoxy groups -OCH3 is 6. The van der Waals surface area contributed by atoms with E-state index in [1.54, 1.807) is 88.7 Å². The minimum Gasteiger partial charge on any atom is -0.497 e. The van der Waals surface area contributed by atoms with E-state index < -0.39 is 11.9 Å². The first-order valence-electron chi connectivity index (χ1n) is 11.8. The maximum Gasteiger partial charge on any atom is 0.335 e. The van der Waals surface area contributed by atoms with Gasteiger partial charge in [0.1, 0.15) is 23.0 Å². The van der Waals surface area contributed by atoms with Crippen LogP contribution < -0.4 is 28.7 Å². The second-order valence-electron chi connectivity index (χ2n) is 8.38. The van der Waals surface area contributed by atoms with E-state index in [-0.39, 0.29) is 12.8 Å². The maximum atomic E-state index is 13.1. The fraction of sp³-hybridized carbons (Fsp3) is 0.357. The van der Waals surface area contributed by atoms with E-state index in [0.717, 1.165) is 0 Å². The van der Waals surface area contributed by atoms with E-state index >= 15 is 0 Å². The summed E-state index contributed by atoms with van der Waals surface area (Å²) in [6.07, 6.45) is 0.194. The predicted molar refractivity (Wildman–Crippen MR) is 143 cm³/mol. The molecule has 0 unspecified atom stereocenters. The SMILES string of the molecule is COC(=O)C1=C(N(C)c2cc(OC)ccc2OC)CC(C(=O)OC)=C(N(C)c2cc(OC)ccc2OC)C1. The highest BCUT2D eigenvalue weighted by Gasteiger charge is 2.34. The number of rotatable bonds is 10. The molecular formula is C28H34N2O8. The normalized spacial score (nSPS) is 13.1. The maximum absolute atomic E-state index is 13.1. The number of carbonyl (C=O) groups excluding carboxylic acids is 2. The molecule has 3 rings (SSSR count). The molecular weight excluding hydrogens is 492 g/mol. The van der Waals surface area contributed by atoms with Gasteiger partial charge in [-0.3, -0.25) is 0 Å². The highest BCUT2D eigenvalue weighted by atomic mass is 16.5. The van der Waals surface area contributed by atoms with Crippen LogP contribution in [0.5, 0.6) is 23.0 Å². The third kappa shape index (κ3) is 5.49. The van der Waals surface area contributed by atoms with Gasteiger partial charge in [0, 0.05) is 50.5 Å². The topological polar surface area (TPSA) is 96.0 Å². The van der Waals surface area contributed by atoms with Gasteiger partial charge < -0.3 is 38.2 Å². The van der Waals surface area contributed by atoms with E-state index in [9.17, 15) is 9.59 Å². The van der Waals surface area contributed by atoms with E-state index in [1.165, 1.54) is 14.2 Å². The Labute approximate surface area is 222 Å². The highest BCUT2D eigenvalue weighted by Crippen LogP contribution is 2.42. The van der Waals surface area contributed by atoms with Crippen molar-refractivity contribution in [2.75, 3.05) is 66.6 Å². The molecule has 0 aromatic heterocycles. The predicted octanol–water partition coefficient (Wildman–Crippen LogP) is 3.94. The first-order valence-corrected chi connectivity index (χ1v) is 11.8. The zero-order chi connectivity index (χ0) is 28.0. The average molecular weight is 527 g/mol. The van der Waals surface area contributed by atoms with Crippen molar-refractivity contribution in [2.24, 2.45) is 0 Å². The summed E-state index contributed by atoms with van der Waals surface area (Å²) in [7, 11) is 12.5. The molecule has 1 aliphatic carbocycles. The lowest BCUT2D eigenvalue weighted by atomic mass is 9.90. The van der Waals surface area contributed by atoms with Gasteiger partial charge in [-0.1, -0.05) is 0 Å². The van der Waals surface area contributed by atoms with Gasteiger partial charge in [0.05, 0.1) is 65.2 Å². The molecule has 10 heteroatoms. The van der Waals surface area contributed by atoms with Crippen molar-refractivity contribution in [3.8, 4) is 23.0 Å². The zero-order valence-corrected chi connectivity index (χ0v) is 23.0. The molecule has 0 heterocycles. The van der Waals surface area contributed by atoms with Crippen LogP contribution in [-0.4, -0.2) is 68.7 Å². The Morgan fingerprint density at radius 2 is 0.974 bits per heavy atom. The Hall–Kier alpha value is -4.34. The summed E-state index contributed by atoms with van der Waals surface area (Å²) in [5, 5.41) is 0. The minimum atomic E-state index is -0.513. The monoisotopic (exact) mass is 526 g/mol. The molecule has 0 N–H and O–H groups in total. The van der Waals surface area contributed by atoms with Crippen LogP contribution in [0.4, 0.5) is 11.4 Å². The van der Waals surface area contributed by atoms with Crippen LogP contribution in [0, 0.1) is 0 Å². The lowest BCUT2D eigenvalue weighted by Gasteiger charge is -2.34. The van der Waals surface area contributed by atoms with Crippen LogP contribution >= 0.6 is 0 Å². The van der Waals surface area contributed by atoms with E-state index in [1.807, 2.05) is 0 Å². The lowest BCUT2D eigenvalue weighted by molar-refractivity contribution is -0.137. The Kier molecular flexibility index (Phi) is 9.11. The van der Waals surface area contributed by atoms with E-state index in [4.69, 9.17) is 28.4 Å². The third-order valence-electron chi connectivity index (χ3n) is 6.55. The summed E-state index contributed by atoms with van der Waals surface area (Å²) in [6, 6.07) is 10.7. The standard InChI is InChI=1S/C28H34N2O8/c1-29(23-13-17(33-3)9-11-25(23)35-5)21-15-20(28(32)38-8)22(16-19(21)27(31)37-7)30(2)24-14-18(34-4)10-12-26(24)36-6/h9-14H,15-16H2,1-8H3. The lowest BCUT2D eigenvalue weighted by Crippen LogP contribution is -2.32. The molecule has 2 aromatic carbocycles.